The van der Waals surface area contributed by atoms with E-state index in [1.54, 1.807) is 0 Å². The van der Waals surface area contributed by atoms with Crippen molar-refractivity contribution in [3.05, 3.63) is 30.5 Å². The van der Waals surface area contributed by atoms with Crippen LogP contribution in [0.15, 0.2) is 30.5 Å². The van der Waals surface area contributed by atoms with Gasteiger partial charge in [-0.15, -0.1) is 0 Å². The third-order valence-electron chi connectivity index (χ3n) is 3.39. The molecule has 0 unspecified atom stereocenters. The predicted molar refractivity (Wildman–Crippen MR) is 85.5 cm³/mol. The minimum absolute atomic E-state index is 0.212. The van der Waals surface area contributed by atoms with Crippen LogP contribution in [0.25, 0.3) is 10.9 Å². The van der Waals surface area contributed by atoms with E-state index in [-0.39, 0.29) is 6.10 Å². The zero-order valence-corrected chi connectivity index (χ0v) is 12.9. The molecule has 0 fully saturated rings. The summed E-state index contributed by atoms with van der Waals surface area (Å²) in [7, 11) is 0. The molecular weight excluding hydrogens is 248 g/mol. The van der Waals surface area contributed by atoms with Gasteiger partial charge in [-0.3, -0.25) is 0 Å². The summed E-state index contributed by atoms with van der Waals surface area (Å²) < 4.78 is 8.20. The Morgan fingerprint density at radius 3 is 2.80 bits per heavy atom. The molecule has 0 bridgehead atoms. The maximum absolute atomic E-state index is 5.88. The summed E-state index contributed by atoms with van der Waals surface area (Å²) >= 11 is 0. The van der Waals surface area contributed by atoms with Crippen molar-refractivity contribution in [3.63, 3.8) is 0 Å². The van der Waals surface area contributed by atoms with Gasteiger partial charge in [-0.2, -0.15) is 0 Å². The molecule has 0 radical (unpaired) electrons. The van der Waals surface area contributed by atoms with Crippen molar-refractivity contribution in [3.8, 4) is 5.75 Å². The molecule has 0 spiro atoms. The Kier molecular flexibility index (Phi) is 5.48. The molecule has 0 amide bonds. The number of rotatable bonds is 8. The van der Waals surface area contributed by atoms with Crippen molar-refractivity contribution >= 4 is 10.9 Å². The standard InChI is InChI=1S/C17H26N2O/c1-4-18-11-5-6-12-19-13-10-15-16(19)8-7-9-17(15)20-14(2)3/h7-10,13-14,18H,4-6,11-12H2,1-3H3. The highest BCUT2D eigenvalue weighted by atomic mass is 16.5. The van der Waals surface area contributed by atoms with Crippen molar-refractivity contribution in [2.24, 2.45) is 0 Å². The van der Waals surface area contributed by atoms with Crippen molar-refractivity contribution in [2.45, 2.75) is 46.3 Å². The lowest BCUT2D eigenvalue weighted by Crippen LogP contribution is -2.14. The fourth-order valence-electron chi connectivity index (χ4n) is 2.46. The zero-order valence-electron chi connectivity index (χ0n) is 12.9. The van der Waals surface area contributed by atoms with E-state index in [1.165, 1.54) is 23.7 Å². The van der Waals surface area contributed by atoms with Crippen LogP contribution in [-0.2, 0) is 6.54 Å². The van der Waals surface area contributed by atoms with Crippen LogP contribution in [-0.4, -0.2) is 23.8 Å². The van der Waals surface area contributed by atoms with E-state index >= 15 is 0 Å². The molecule has 0 saturated heterocycles. The molecule has 1 heterocycles. The quantitative estimate of drug-likeness (QED) is 0.741. The van der Waals surface area contributed by atoms with Gasteiger partial charge in [0.2, 0.25) is 0 Å². The van der Waals surface area contributed by atoms with Gasteiger partial charge in [0.1, 0.15) is 5.75 Å². The first kappa shape index (κ1) is 14.9. The van der Waals surface area contributed by atoms with Crippen LogP contribution < -0.4 is 10.1 Å². The molecule has 110 valence electrons. The van der Waals surface area contributed by atoms with Gasteiger partial charge in [0.05, 0.1) is 11.6 Å². The number of hydrogen-bond donors (Lipinski definition) is 1. The lowest BCUT2D eigenvalue weighted by molar-refractivity contribution is 0.245. The zero-order chi connectivity index (χ0) is 14.4. The van der Waals surface area contributed by atoms with Crippen LogP contribution in [0.4, 0.5) is 0 Å². The number of ether oxygens (including phenoxy) is 1. The summed E-state index contributed by atoms with van der Waals surface area (Å²) in [5.41, 5.74) is 1.27. The highest BCUT2D eigenvalue weighted by Gasteiger charge is 2.07. The van der Waals surface area contributed by atoms with Crippen LogP contribution in [0.3, 0.4) is 0 Å². The number of aryl methyl sites for hydroxylation is 1. The fraction of sp³-hybridized carbons (Fsp3) is 0.529. The summed E-state index contributed by atoms with van der Waals surface area (Å²) in [6.07, 6.45) is 4.80. The maximum Gasteiger partial charge on any atom is 0.129 e. The average molecular weight is 274 g/mol. The van der Waals surface area contributed by atoms with E-state index in [2.05, 4.69) is 61.1 Å². The number of nitrogens with one attached hydrogen (secondary N) is 1. The van der Waals surface area contributed by atoms with Gasteiger partial charge >= 0.3 is 0 Å². The number of benzene rings is 1. The smallest absolute Gasteiger partial charge is 0.129 e. The number of aromatic nitrogens is 1. The van der Waals surface area contributed by atoms with Gasteiger partial charge in [0.25, 0.3) is 0 Å². The second-order valence-electron chi connectivity index (χ2n) is 5.43. The SMILES string of the molecule is CCNCCCCn1ccc2c(OC(C)C)cccc21. The Morgan fingerprint density at radius 2 is 2.05 bits per heavy atom. The van der Waals surface area contributed by atoms with Gasteiger partial charge in [0.15, 0.2) is 0 Å². The van der Waals surface area contributed by atoms with Crippen molar-refractivity contribution < 1.29 is 4.74 Å². The first-order valence-corrected chi connectivity index (χ1v) is 7.67. The Labute approximate surface area is 121 Å². The molecule has 0 saturated carbocycles. The van der Waals surface area contributed by atoms with Crippen molar-refractivity contribution in [1.82, 2.24) is 9.88 Å². The fourth-order valence-corrected chi connectivity index (χ4v) is 2.46. The molecule has 1 aromatic heterocycles. The Balaban J connectivity index is 2.04. The van der Waals surface area contributed by atoms with E-state index in [1.807, 2.05) is 0 Å². The van der Waals surface area contributed by atoms with E-state index in [4.69, 9.17) is 4.74 Å². The maximum atomic E-state index is 5.88. The molecule has 20 heavy (non-hydrogen) atoms. The molecule has 3 heteroatoms. The second kappa shape index (κ2) is 7.34. The molecule has 0 aliphatic rings. The molecule has 0 atom stereocenters. The Hall–Kier alpha value is -1.48. The van der Waals surface area contributed by atoms with E-state index in [0.29, 0.717) is 0 Å². The number of fused-ring (bicyclic) bond motifs is 1. The highest BCUT2D eigenvalue weighted by Crippen LogP contribution is 2.27. The topological polar surface area (TPSA) is 26.2 Å². The van der Waals surface area contributed by atoms with Crippen LogP contribution in [0.2, 0.25) is 0 Å². The molecule has 1 aromatic carbocycles. The normalized spacial score (nSPS) is 11.4. The molecule has 0 aliphatic carbocycles. The van der Waals surface area contributed by atoms with E-state index in [0.717, 1.165) is 25.4 Å². The van der Waals surface area contributed by atoms with Gasteiger partial charge in [-0.25, -0.2) is 0 Å². The molecule has 0 aliphatic heterocycles. The van der Waals surface area contributed by atoms with Gasteiger partial charge in [-0.1, -0.05) is 13.0 Å². The molecular formula is C17H26N2O. The molecule has 3 nitrogen and oxygen atoms in total. The van der Waals surface area contributed by atoms with Crippen molar-refractivity contribution in [1.29, 1.82) is 0 Å². The van der Waals surface area contributed by atoms with Gasteiger partial charge in [0, 0.05) is 18.1 Å². The molecule has 2 rings (SSSR count). The van der Waals surface area contributed by atoms with Crippen molar-refractivity contribution in [2.75, 3.05) is 13.1 Å². The average Bonchev–Trinajstić information content (AvgIpc) is 2.82. The Bertz CT molecular complexity index is 531. The molecule has 2 aromatic rings. The van der Waals surface area contributed by atoms with Crippen LogP contribution in [0, 0.1) is 0 Å². The molecule has 1 N–H and O–H groups in total. The minimum Gasteiger partial charge on any atom is -0.490 e. The summed E-state index contributed by atoms with van der Waals surface area (Å²) in [4.78, 5) is 0. The minimum atomic E-state index is 0.212. The van der Waals surface area contributed by atoms with Crippen LogP contribution >= 0.6 is 0 Å². The lowest BCUT2D eigenvalue weighted by atomic mass is 10.2. The number of nitrogens with zero attached hydrogens (tertiary/aromatic N) is 1. The van der Waals surface area contributed by atoms with Gasteiger partial charge in [-0.05, 0) is 58.0 Å². The highest BCUT2D eigenvalue weighted by molar-refractivity contribution is 5.86. The third kappa shape index (κ3) is 3.76. The first-order chi connectivity index (χ1) is 9.72. The number of hydrogen-bond acceptors (Lipinski definition) is 2. The van der Waals surface area contributed by atoms with Crippen LogP contribution in [0.5, 0.6) is 5.75 Å². The summed E-state index contributed by atoms with van der Waals surface area (Å²) in [6.45, 7) is 9.52. The largest absolute Gasteiger partial charge is 0.490 e. The summed E-state index contributed by atoms with van der Waals surface area (Å²) in [5, 5.41) is 4.58. The summed E-state index contributed by atoms with van der Waals surface area (Å²) in [6, 6.07) is 8.47. The Morgan fingerprint density at radius 1 is 1.20 bits per heavy atom. The monoisotopic (exact) mass is 274 g/mol. The van der Waals surface area contributed by atoms with Crippen LogP contribution in [0.1, 0.15) is 33.6 Å². The van der Waals surface area contributed by atoms with E-state index in [9.17, 15) is 0 Å². The second-order valence-corrected chi connectivity index (χ2v) is 5.43. The lowest BCUT2D eigenvalue weighted by Gasteiger charge is -2.11. The summed E-state index contributed by atoms with van der Waals surface area (Å²) in [5.74, 6) is 0.990. The first-order valence-electron chi connectivity index (χ1n) is 7.67. The number of unbranched alkanes of at least 4 members (excludes halogenated alkanes) is 1. The van der Waals surface area contributed by atoms with E-state index < -0.39 is 0 Å². The van der Waals surface area contributed by atoms with Gasteiger partial charge < -0.3 is 14.6 Å². The predicted octanol–water partition coefficient (Wildman–Crippen LogP) is 3.82. The third-order valence-corrected chi connectivity index (χ3v) is 3.39.